The van der Waals surface area contributed by atoms with Gasteiger partial charge in [0.1, 0.15) is 5.82 Å². The van der Waals surface area contributed by atoms with E-state index in [-0.39, 0.29) is 5.82 Å². The second-order valence-electron chi connectivity index (χ2n) is 6.83. The normalized spacial score (nSPS) is 24.4. The molecular formula is C19H22FN3. The van der Waals surface area contributed by atoms with E-state index >= 15 is 0 Å². The Morgan fingerprint density at radius 2 is 1.83 bits per heavy atom. The Balaban J connectivity index is 1.37. The second-order valence-corrected chi connectivity index (χ2v) is 6.83. The molecule has 2 unspecified atom stereocenters. The lowest BCUT2D eigenvalue weighted by molar-refractivity contribution is -0.0779. The van der Waals surface area contributed by atoms with Crippen LogP contribution in [0.15, 0.2) is 42.6 Å². The Bertz CT molecular complexity index is 673. The molecule has 1 aromatic carbocycles. The molecule has 0 saturated carbocycles. The van der Waals surface area contributed by atoms with E-state index in [0.29, 0.717) is 24.3 Å². The van der Waals surface area contributed by atoms with Crippen LogP contribution in [-0.4, -0.2) is 40.0 Å². The van der Waals surface area contributed by atoms with E-state index in [2.05, 4.69) is 46.0 Å². The maximum absolute atomic E-state index is 13.8. The molecule has 1 aromatic heterocycles. The number of benzene rings is 1. The van der Waals surface area contributed by atoms with E-state index in [9.17, 15) is 4.39 Å². The highest BCUT2D eigenvalue weighted by Gasteiger charge is 2.44. The maximum Gasteiger partial charge on any atom is 0.146 e. The Morgan fingerprint density at radius 1 is 1.09 bits per heavy atom. The SMILES string of the molecule is Cc1ccc(CN2C3CC2CN(Cc2ncccc2F)C3)cc1. The van der Waals surface area contributed by atoms with Crippen molar-refractivity contribution in [2.45, 2.75) is 38.5 Å². The molecule has 4 heterocycles. The van der Waals surface area contributed by atoms with E-state index in [1.54, 1.807) is 12.3 Å². The van der Waals surface area contributed by atoms with Gasteiger partial charge in [0.15, 0.2) is 0 Å². The van der Waals surface area contributed by atoms with Crippen molar-refractivity contribution in [3.63, 3.8) is 0 Å². The van der Waals surface area contributed by atoms with Crippen LogP contribution >= 0.6 is 0 Å². The van der Waals surface area contributed by atoms with Gasteiger partial charge in [-0.25, -0.2) is 4.39 Å². The zero-order valence-electron chi connectivity index (χ0n) is 13.5. The van der Waals surface area contributed by atoms with Gasteiger partial charge in [0.2, 0.25) is 0 Å². The minimum absolute atomic E-state index is 0.191. The van der Waals surface area contributed by atoms with Crippen molar-refractivity contribution in [3.8, 4) is 0 Å². The molecule has 3 aliphatic heterocycles. The molecule has 120 valence electrons. The summed E-state index contributed by atoms with van der Waals surface area (Å²) in [5, 5.41) is 0. The van der Waals surface area contributed by atoms with Crippen LogP contribution in [0.4, 0.5) is 4.39 Å². The van der Waals surface area contributed by atoms with Gasteiger partial charge in [-0.15, -0.1) is 0 Å². The number of hydrogen-bond acceptors (Lipinski definition) is 3. The van der Waals surface area contributed by atoms with E-state index in [1.165, 1.54) is 23.6 Å². The predicted octanol–water partition coefficient (Wildman–Crippen LogP) is 2.99. The fourth-order valence-electron chi connectivity index (χ4n) is 3.81. The average molecular weight is 311 g/mol. The number of hydrogen-bond donors (Lipinski definition) is 0. The zero-order valence-corrected chi connectivity index (χ0v) is 13.5. The summed E-state index contributed by atoms with van der Waals surface area (Å²) in [6, 6.07) is 13.2. The average Bonchev–Trinajstić information content (AvgIpc) is 2.56. The van der Waals surface area contributed by atoms with Crippen molar-refractivity contribution >= 4 is 0 Å². The molecular weight excluding hydrogens is 289 g/mol. The molecule has 3 nitrogen and oxygen atoms in total. The number of pyridine rings is 1. The van der Waals surface area contributed by atoms with Gasteiger partial charge >= 0.3 is 0 Å². The van der Waals surface area contributed by atoms with Crippen molar-refractivity contribution in [1.82, 2.24) is 14.8 Å². The molecule has 0 radical (unpaired) electrons. The molecule has 4 heteroatoms. The lowest BCUT2D eigenvalue weighted by Gasteiger charge is -2.56. The summed E-state index contributed by atoms with van der Waals surface area (Å²) in [6.07, 6.45) is 2.94. The molecule has 3 aliphatic rings. The van der Waals surface area contributed by atoms with Crippen molar-refractivity contribution in [2.24, 2.45) is 0 Å². The second kappa shape index (κ2) is 6.02. The Labute approximate surface area is 136 Å². The largest absolute Gasteiger partial charge is 0.294 e. The van der Waals surface area contributed by atoms with E-state index < -0.39 is 0 Å². The molecule has 2 aromatic rings. The van der Waals surface area contributed by atoms with Gasteiger partial charge in [-0.3, -0.25) is 14.8 Å². The number of fused-ring (bicyclic) bond motifs is 2. The number of piperazine rings is 1. The summed E-state index contributed by atoms with van der Waals surface area (Å²) < 4.78 is 13.8. The fraction of sp³-hybridized carbons (Fsp3) is 0.421. The number of nitrogens with zero attached hydrogens (tertiary/aromatic N) is 3. The van der Waals surface area contributed by atoms with Crippen molar-refractivity contribution in [2.75, 3.05) is 13.1 Å². The van der Waals surface area contributed by atoms with Crippen LogP contribution in [0.3, 0.4) is 0 Å². The third-order valence-corrected chi connectivity index (χ3v) is 5.11. The molecule has 2 atom stereocenters. The zero-order chi connectivity index (χ0) is 15.8. The van der Waals surface area contributed by atoms with Gasteiger partial charge in [0.05, 0.1) is 5.69 Å². The standard InChI is InChI=1S/C19H22FN3/c1-14-4-6-15(7-5-14)10-23-16-9-17(23)12-22(11-16)13-19-18(20)3-2-8-21-19/h2-8,16-17H,9-13H2,1H3. The summed E-state index contributed by atoms with van der Waals surface area (Å²) >= 11 is 0. The molecule has 0 aliphatic carbocycles. The fourth-order valence-corrected chi connectivity index (χ4v) is 3.81. The van der Waals surface area contributed by atoms with Crippen LogP contribution in [0.2, 0.25) is 0 Å². The van der Waals surface area contributed by atoms with Crippen molar-refractivity contribution < 1.29 is 4.39 Å². The van der Waals surface area contributed by atoms with Crippen LogP contribution in [0.1, 0.15) is 23.2 Å². The molecule has 2 bridgehead atoms. The van der Waals surface area contributed by atoms with Gasteiger partial charge in [0, 0.05) is 44.5 Å². The number of aromatic nitrogens is 1. The first-order valence-electron chi connectivity index (χ1n) is 8.32. The van der Waals surface area contributed by atoms with Gasteiger partial charge in [-0.1, -0.05) is 29.8 Å². The number of rotatable bonds is 4. The summed E-state index contributed by atoms with van der Waals surface area (Å²) in [7, 11) is 0. The first-order chi connectivity index (χ1) is 11.2. The van der Waals surface area contributed by atoms with Crippen LogP contribution in [0.5, 0.6) is 0 Å². The first kappa shape index (κ1) is 14.8. The Kier molecular flexibility index (Phi) is 3.87. The first-order valence-corrected chi connectivity index (χ1v) is 8.32. The number of piperidine rings is 1. The molecule has 3 saturated heterocycles. The maximum atomic E-state index is 13.8. The summed E-state index contributed by atoms with van der Waals surface area (Å²) in [4.78, 5) is 9.11. The Morgan fingerprint density at radius 3 is 2.52 bits per heavy atom. The number of halogens is 1. The van der Waals surface area contributed by atoms with Crippen LogP contribution < -0.4 is 0 Å². The summed E-state index contributed by atoms with van der Waals surface area (Å²) in [5.41, 5.74) is 3.26. The van der Waals surface area contributed by atoms with Crippen molar-refractivity contribution in [1.29, 1.82) is 0 Å². The molecule has 23 heavy (non-hydrogen) atoms. The molecule has 0 spiro atoms. The third kappa shape index (κ3) is 3.01. The smallest absolute Gasteiger partial charge is 0.146 e. The van der Waals surface area contributed by atoms with E-state index in [0.717, 1.165) is 19.6 Å². The third-order valence-electron chi connectivity index (χ3n) is 5.11. The van der Waals surface area contributed by atoms with E-state index in [4.69, 9.17) is 0 Å². The van der Waals surface area contributed by atoms with Crippen LogP contribution in [-0.2, 0) is 13.1 Å². The predicted molar refractivity (Wildman–Crippen MR) is 88.4 cm³/mol. The van der Waals surface area contributed by atoms with Gasteiger partial charge in [-0.05, 0) is 31.0 Å². The monoisotopic (exact) mass is 311 g/mol. The minimum Gasteiger partial charge on any atom is -0.294 e. The van der Waals surface area contributed by atoms with Crippen LogP contribution in [0, 0.1) is 12.7 Å². The summed E-state index contributed by atoms with van der Waals surface area (Å²) in [6.45, 7) is 5.80. The highest BCUT2D eigenvalue weighted by Crippen LogP contribution is 2.34. The molecule has 5 rings (SSSR count). The molecule has 3 fully saturated rings. The number of aryl methyl sites for hydroxylation is 1. The topological polar surface area (TPSA) is 19.4 Å². The quantitative estimate of drug-likeness (QED) is 0.865. The summed E-state index contributed by atoms with van der Waals surface area (Å²) in [5.74, 6) is -0.191. The van der Waals surface area contributed by atoms with Crippen LogP contribution in [0.25, 0.3) is 0 Å². The lowest BCUT2D eigenvalue weighted by Crippen LogP contribution is -2.67. The van der Waals surface area contributed by atoms with Gasteiger partial charge < -0.3 is 0 Å². The van der Waals surface area contributed by atoms with E-state index in [1.807, 2.05) is 0 Å². The lowest BCUT2D eigenvalue weighted by atomic mass is 9.86. The van der Waals surface area contributed by atoms with Crippen molar-refractivity contribution in [3.05, 3.63) is 65.2 Å². The van der Waals surface area contributed by atoms with Gasteiger partial charge in [0.25, 0.3) is 0 Å². The highest BCUT2D eigenvalue weighted by atomic mass is 19.1. The Hall–Kier alpha value is -1.78. The molecule has 0 amide bonds. The minimum atomic E-state index is -0.191. The van der Waals surface area contributed by atoms with Gasteiger partial charge in [-0.2, -0.15) is 0 Å². The highest BCUT2D eigenvalue weighted by molar-refractivity contribution is 5.22. The molecule has 0 N–H and O–H groups in total.